The molecular weight excluding hydrogens is 390 g/mol. The highest BCUT2D eigenvalue weighted by molar-refractivity contribution is 8.01. The van der Waals surface area contributed by atoms with Crippen molar-refractivity contribution in [3.05, 3.63) is 35.4 Å². The maximum Gasteiger partial charge on any atom is 0.232 e. The van der Waals surface area contributed by atoms with Crippen LogP contribution in [0.5, 0.6) is 0 Å². The van der Waals surface area contributed by atoms with Crippen molar-refractivity contribution in [1.82, 2.24) is 20.0 Å². The number of carbonyl (C=O) groups is 1. The fourth-order valence-corrected chi connectivity index (χ4v) is 5.25. The molecule has 0 spiro atoms. The molecule has 3 rings (SSSR count). The van der Waals surface area contributed by atoms with Crippen LogP contribution in [0.4, 0.5) is 5.13 Å². The summed E-state index contributed by atoms with van der Waals surface area (Å²) in [4.78, 5) is 16.9. The normalized spacial score (nSPS) is 17.6. The first-order valence-electron chi connectivity index (χ1n) is 9.74. The first-order chi connectivity index (χ1) is 13.5. The number of aryl methyl sites for hydroxylation is 1. The molecule has 1 aromatic carbocycles. The van der Waals surface area contributed by atoms with Crippen LogP contribution in [0.15, 0.2) is 28.6 Å². The zero-order valence-electron chi connectivity index (χ0n) is 16.6. The number of amides is 1. The quantitative estimate of drug-likeness (QED) is 0.663. The highest BCUT2D eigenvalue weighted by Gasteiger charge is 2.23. The Hall–Kier alpha value is -1.64. The number of likely N-dealkylation sites (tertiary alicyclic amines) is 1. The largest absolute Gasteiger partial charge is 0.374 e. The highest BCUT2D eigenvalue weighted by atomic mass is 32.2. The van der Waals surface area contributed by atoms with Crippen molar-refractivity contribution in [2.75, 3.05) is 44.7 Å². The Balaban J connectivity index is 1.42. The minimum atomic E-state index is 0.135. The van der Waals surface area contributed by atoms with E-state index < -0.39 is 0 Å². The van der Waals surface area contributed by atoms with Crippen LogP contribution in [0.2, 0.25) is 0 Å². The Bertz CT molecular complexity index is 781. The number of benzene rings is 1. The van der Waals surface area contributed by atoms with Gasteiger partial charge in [0.05, 0.1) is 5.75 Å². The number of thioether (sulfide) groups is 1. The minimum absolute atomic E-state index is 0.135. The van der Waals surface area contributed by atoms with Crippen molar-refractivity contribution in [3.63, 3.8) is 0 Å². The monoisotopic (exact) mass is 419 g/mol. The molecule has 1 amide bonds. The lowest BCUT2D eigenvalue weighted by molar-refractivity contribution is -0.127. The molecule has 152 valence electrons. The molecule has 2 N–H and O–H groups in total. The van der Waals surface area contributed by atoms with Crippen LogP contribution >= 0.6 is 23.1 Å². The summed E-state index contributed by atoms with van der Waals surface area (Å²) in [6.45, 7) is 6.33. The van der Waals surface area contributed by atoms with Crippen LogP contribution < -0.4 is 5.73 Å². The molecule has 1 aromatic heterocycles. The number of nitrogens with two attached hydrogens (primary N) is 1. The van der Waals surface area contributed by atoms with E-state index in [2.05, 4.69) is 46.3 Å². The van der Waals surface area contributed by atoms with Gasteiger partial charge in [-0.2, -0.15) is 0 Å². The van der Waals surface area contributed by atoms with Crippen molar-refractivity contribution in [2.24, 2.45) is 5.92 Å². The van der Waals surface area contributed by atoms with E-state index in [0.717, 1.165) is 36.9 Å². The number of hydrogen-bond acceptors (Lipinski definition) is 7. The van der Waals surface area contributed by atoms with Gasteiger partial charge in [0, 0.05) is 26.7 Å². The summed E-state index contributed by atoms with van der Waals surface area (Å²) in [5, 5.41) is 8.18. The van der Waals surface area contributed by atoms with Gasteiger partial charge in [-0.1, -0.05) is 47.4 Å². The van der Waals surface area contributed by atoms with Gasteiger partial charge in [-0.15, -0.1) is 10.2 Å². The third-order valence-corrected chi connectivity index (χ3v) is 7.13. The molecule has 0 saturated carbocycles. The van der Waals surface area contributed by atoms with Crippen molar-refractivity contribution < 1.29 is 4.79 Å². The summed E-state index contributed by atoms with van der Waals surface area (Å²) in [7, 11) is 1.91. The third-order valence-electron chi connectivity index (χ3n) is 5.26. The summed E-state index contributed by atoms with van der Waals surface area (Å²) in [5.41, 5.74) is 8.39. The van der Waals surface area contributed by atoms with Crippen molar-refractivity contribution in [3.8, 4) is 0 Å². The Morgan fingerprint density at radius 1 is 1.39 bits per heavy atom. The third kappa shape index (κ3) is 6.18. The second kappa shape index (κ2) is 10.2. The smallest absolute Gasteiger partial charge is 0.232 e. The van der Waals surface area contributed by atoms with Crippen LogP contribution in [0, 0.1) is 12.8 Å². The van der Waals surface area contributed by atoms with Gasteiger partial charge in [-0.25, -0.2) is 0 Å². The molecule has 2 heterocycles. The second-order valence-corrected chi connectivity index (χ2v) is 9.69. The standard InChI is InChI=1S/C20H29N5OS2/c1-15-6-3-4-8-17(15)9-11-25-10-5-7-16(13-25)12-24(2)18(26)14-27-20-23-22-19(21)28-20/h3-4,6,8,16H,5,7,9-14H2,1-2H3,(H2,21,22)/t16-/m1/s1. The van der Waals surface area contributed by atoms with E-state index in [4.69, 9.17) is 5.73 Å². The van der Waals surface area contributed by atoms with Crippen LogP contribution in [-0.4, -0.2) is 64.9 Å². The van der Waals surface area contributed by atoms with E-state index in [-0.39, 0.29) is 5.91 Å². The Labute approximate surface area is 175 Å². The molecule has 0 radical (unpaired) electrons. The Morgan fingerprint density at radius 2 is 2.21 bits per heavy atom. The van der Waals surface area contributed by atoms with E-state index >= 15 is 0 Å². The number of nitrogen functional groups attached to an aromatic ring is 1. The number of hydrogen-bond donors (Lipinski definition) is 1. The van der Waals surface area contributed by atoms with Gasteiger partial charge in [0.2, 0.25) is 11.0 Å². The molecular formula is C20H29N5OS2. The van der Waals surface area contributed by atoms with E-state index in [9.17, 15) is 4.79 Å². The molecule has 28 heavy (non-hydrogen) atoms. The van der Waals surface area contributed by atoms with Gasteiger partial charge in [-0.05, 0) is 49.8 Å². The van der Waals surface area contributed by atoms with E-state index in [1.165, 1.54) is 47.1 Å². The van der Waals surface area contributed by atoms with Gasteiger partial charge in [0.1, 0.15) is 0 Å². The summed E-state index contributed by atoms with van der Waals surface area (Å²) in [5.74, 6) is 1.06. The predicted molar refractivity (Wildman–Crippen MR) is 117 cm³/mol. The molecule has 0 unspecified atom stereocenters. The Kier molecular flexibility index (Phi) is 7.70. The molecule has 1 saturated heterocycles. The molecule has 6 nitrogen and oxygen atoms in total. The molecule has 1 aliphatic rings. The van der Waals surface area contributed by atoms with Crippen LogP contribution in [0.25, 0.3) is 0 Å². The average Bonchev–Trinajstić information content (AvgIpc) is 3.11. The zero-order chi connectivity index (χ0) is 19.9. The first kappa shape index (κ1) is 21.1. The zero-order valence-corrected chi connectivity index (χ0v) is 18.3. The fourth-order valence-electron chi connectivity index (χ4n) is 3.67. The lowest BCUT2D eigenvalue weighted by Gasteiger charge is -2.34. The average molecular weight is 420 g/mol. The summed E-state index contributed by atoms with van der Waals surface area (Å²) < 4.78 is 0.749. The molecule has 1 aliphatic heterocycles. The SMILES string of the molecule is Cc1ccccc1CCN1CCC[C@H](CN(C)C(=O)CSc2nnc(N)s2)C1. The molecule has 0 aliphatic carbocycles. The van der Waals surface area contributed by atoms with E-state index in [0.29, 0.717) is 16.8 Å². The minimum Gasteiger partial charge on any atom is -0.374 e. The summed E-state index contributed by atoms with van der Waals surface area (Å²) in [6.07, 6.45) is 3.49. The molecule has 1 atom stereocenters. The lowest BCUT2D eigenvalue weighted by atomic mass is 9.96. The van der Waals surface area contributed by atoms with Crippen LogP contribution in [0.3, 0.4) is 0 Å². The number of aromatic nitrogens is 2. The van der Waals surface area contributed by atoms with Gasteiger partial charge in [0.15, 0.2) is 4.34 Å². The predicted octanol–water partition coefficient (Wildman–Crippen LogP) is 2.93. The number of piperidine rings is 1. The van der Waals surface area contributed by atoms with Gasteiger partial charge in [0.25, 0.3) is 0 Å². The maximum atomic E-state index is 12.4. The number of nitrogens with zero attached hydrogens (tertiary/aromatic N) is 4. The first-order valence-corrected chi connectivity index (χ1v) is 11.5. The topological polar surface area (TPSA) is 75.3 Å². The Morgan fingerprint density at radius 3 is 2.96 bits per heavy atom. The van der Waals surface area contributed by atoms with Crippen molar-refractivity contribution in [1.29, 1.82) is 0 Å². The molecule has 2 aromatic rings. The van der Waals surface area contributed by atoms with Crippen LogP contribution in [0.1, 0.15) is 24.0 Å². The van der Waals surface area contributed by atoms with Gasteiger partial charge >= 0.3 is 0 Å². The van der Waals surface area contributed by atoms with Crippen molar-refractivity contribution in [2.45, 2.75) is 30.5 Å². The van der Waals surface area contributed by atoms with E-state index in [1.54, 1.807) is 0 Å². The number of anilines is 1. The van der Waals surface area contributed by atoms with Crippen molar-refractivity contribution >= 4 is 34.1 Å². The molecule has 0 bridgehead atoms. The van der Waals surface area contributed by atoms with Gasteiger partial charge < -0.3 is 15.5 Å². The van der Waals surface area contributed by atoms with E-state index in [1.807, 2.05) is 11.9 Å². The van der Waals surface area contributed by atoms with Gasteiger partial charge in [-0.3, -0.25) is 4.79 Å². The maximum absolute atomic E-state index is 12.4. The van der Waals surface area contributed by atoms with Crippen LogP contribution in [-0.2, 0) is 11.2 Å². The number of rotatable bonds is 8. The molecule has 1 fully saturated rings. The number of carbonyl (C=O) groups excluding carboxylic acids is 1. The summed E-state index contributed by atoms with van der Waals surface area (Å²) in [6, 6.07) is 8.63. The molecule has 8 heteroatoms. The highest BCUT2D eigenvalue weighted by Crippen LogP contribution is 2.24. The fraction of sp³-hybridized carbons (Fsp3) is 0.550. The lowest BCUT2D eigenvalue weighted by Crippen LogP contribution is -2.42. The summed E-state index contributed by atoms with van der Waals surface area (Å²) >= 11 is 2.73. The second-order valence-electron chi connectivity index (χ2n) is 7.45.